The summed E-state index contributed by atoms with van der Waals surface area (Å²) in [6.07, 6.45) is 0.952. The van der Waals surface area contributed by atoms with Crippen molar-refractivity contribution in [2.24, 2.45) is 0 Å². The Labute approximate surface area is 137 Å². The first kappa shape index (κ1) is 16.2. The second kappa shape index (κ2) is 7.73. The monoisotopic (exact) mass is 368 g/mol. The summed E-state index contributed by atoms with van der Waals surface area (Å²) in [5.74, 6) is 0.757. The molecular weight excluding hydrogens is 352 g/mol. The molecule has 0 saturated carbocycles. The van der Waals surface area contributed by atoms with E-state index in [0.717, 1.165) is 15.8 Å². The third kappa shape index (κ3) is 4.15. The summed E-state index contributed by atoms with van der Waals surface area (Å²) in [5.41, 5.74) is 0.658. The predicted octanol–water partition coefficient (Wildman–Crippen LogP) is 4.33. The van der Waals surface area contributed by atoms with E-state index in [2.05, 4.69) is 22.9 Å². The minimum absolute atomic E-state index is 0.0452. The first-order valence-corrected chi connectivity index (χ1v) is 8.31. The number of ether oxygens (including phenoxy) is 2. The Morgan fingerprint density at radius 3 is 2.67 bits per heavy atom. The van der Waals surface area contributed by atoms with Gasteiger partial charge in [-0.25, -0.2) is 0 Å². The SMILES string of the molecule is CCc1ccc(C(=O)c2ccc(OCCOC)c(Br)c2)s1. The highest BCUT2D eigenvalue weighted by Gasteiger charge is 2.13. The second-order valence-electron chi connectivity index (χ2n) is 4.44. The molecule has 0 unspecified atom stereocenters. The average molecular weight is 369 g/mol. The zero-order valence-electron chi connectivity index (χ0n) is 12.0. The number of carbonyl (C=O) groups is 1. The number of carbonyl (C=O) groups excluding carboxylic acids is 1. The smallest absolute Gasteiger partial charge is 0.202 e. The van der Waals surface area contributed by atoms with Crippen LogP contribution in [-0.2, 0) is 11.2 Å². The standard InChI is InChI=1S/C16H17BrO3S/c1-3-12-5-7-15(21-12)16(18)11-4-6-14(13(17)10-11)20-9-8-19-2/h4-7,10H,3,8-9H2,1-2H3. The van der Waals surface area contributed by atoms with Gasteiger partial charge in [0.15, 0.2) is 0 Å². The van der Waals surface area contributed by atoms with E-state index in [1.165, 1.54) is 4.88 Å². The lowest BCUT2D eigenvalue weighted by atomic mass is 10.1. The van der Waals surface area contributed by atoms with E-state index in [9.17, 15) is 4.79 Å². The van der Waals surface area contributed by atoms with Gasteiger partial charge in [-0.15, -0.1) is 11.3 Å². The quantitative estimate of drug-likeness (QED) is 0.538. The van der Waals surface area contributed by atoms with Crippen LogP contribution in [0.15, 0.2) is 34.8 Å². The van der Waals surface area contributed by atoms with Gasteiger partial charge in [-0.2, -0.15) is 0 Å². The maximum absolute atomic E-state index is 12.4. The third-order valence-electron chi connectivity index (χ3n) is 2.97. The van der Waals surface area contributed by atoms with Gasteiger partial charge < -0.3 is 9.47 Å². The second-order valence-corrected chi connectivity index (χ2v) is 6.46. The van der Waals surface area contributed by atoms with Crippen molar-refractivity contribution in [3.8, 4) is 5.75 Å². The lowest BCUT2D eigenvalue weighted by Crippen LogP contribution is -2.05. The first-order valence-electron chi connectivity index (χ1n) is 6.70. The summed E-state index contributed by atoms with van der Waals surface area (Å²) in [6.45, 7) is 3.10. The Morgan fingerprint density at radius 1 is 1.24 bits per heavy atom. The molecule has 1 aromatic carbocycles. The van der Waals surface area contributed by atoms with Crippen LogP contribution >= 0.6 is 27.3 Å². The van der Waals surface area contributed by atoms with Crippen molar-refractivity contribution in [1.29, 1.82) is 0 Å². The Morgan fingerprint density at radius 2 is 2.05 bits per heavy atom. The molecule has 3 nitrogen and oxygen atoms in total. The van der Waals surface area contributed by atoms with Gasteiger partial charge in [0.1, 0.15) is 12.4 Å². The van der Waals surface area contributed by atoms with Crippen LogP contribution in [0.1, 0.15) is 27.0 Å². The summed E-state index contributed by atoms with van der Waals surface area (Å²) in [4.78, 5) is 14.4. The summed E-state index contributed by atoms with van der Waals surface area (Å²) in [5, 5.41) is 0. The van der Waals surface area contributed by atoms with E-state index in [1.807, 2.05) is 12.1 Å². The van der Waals surface area contributed by atoms with Gasteiger partial charge in [0, 0.05) is 17.6 Å². The molecule has 0 aliphatic carbocycles. The molecule has 112 valence electrons. The molecule has 0 radical (unpaired) electrons. The van der Waals surface area contributed by atoms with E-state index in [-0.39, 0.29) is 5.78 Å². The van der Waals surface area contributed by atoms with E-state index in [1.54, 1.807) is 36.6 Å². The number of aryl methyl sites for hydroxylation is 1. The van der Waals surface area contributed by atoms with Crippen LogP contribution in [0.5, 0.6) is 5.75 Å². The maximum atomic E-state index is 12.4. The fourth-order valence-corrected chi connectivity index (χ4v) is 3.23. The van der Waals surface area contributed by atoms with Crippen molar-refractivity contribution >= 4 is 33.0 Å². The van der Waals surface area contributed by atoms with Crippen molar-refractivity contribution in [1.82, 2.24) is 0 Å². The summed E-state index contributed by atoms with van der Waals surface area (Å²) in [6, 6.07) is 9.30. The van der Waals surface area contributed by atoms with Crippen LogP contribution in [-0.4, -0.2) is 26.1 Å². The minimum Gasteiger partial charge on any atom is -0.490 e. The zero-order chi connectivity index (χ0) is 15.2. The van der Waals surface area contributed by atoms with Crippen LogP contribution in [0.3, 0.4) is 0 Å². The third-order valence-corrected chi connectivity index (χ3v) is 4.82. The lowest BCUT2D eigenvalue weighted by Gasteiger charge is -2.08. The molecule has 5 heteroatoms. The molecule has 0 saturated heterocycles. The van der Waals surface area contributed by atoms with Crippen LogP contribution in [0, 0.1) is 0 Å². The number of methoxy groups -OCH3 is 1. The van der Waals surface area contributed by atoms with E-state index in [0.29, 0.717) is 24.5 Å². The van der Waals surface area contributed by atoms with Gasteiger partial charge in [0.2, 0.25) is 5.78 Å². The fourth-order valence-electron chi connectivity index (χ4n) is 1.83. The molecule has 0 amide bonds. The molecule has 0 bridgehead atoms. The maximum Gasteiger partial charge on any atom is 0.202 e. The topological polar surface area (TPSA) is 35.5 Å². The van der Waals surface area contributed by atoms with Crippen LogP contribution < -0.4 is 4.74 Å². The normalized spacial score (nSPS) is 10.6. The molecule has 2 aromatic rings. The number of rotatable bonds is 7. The number of thiophene rings is 1. The molecule has 1 heterocycles. The summed E-state index contributed by atoms with van der Waals surface area (Å²) in [7, 11) is 1.63. The van der Waals surface area contributed by atoms with Crippen molar-refractivity contribution in [2.75, 3.05) is 20.3 Å². The largest absolute Gasteiger partial charge is 0.490 e. The molecular formula is C16H17BrO3S. The van der Waals surface area contributed by atoms with E-state index in [4.69, 9.17) is 9.47 Å². The van der Waals surface area contributed by atoms with E-state index >= 15 is 0 Å². The number of hydrogen-bond donors (Lipinski definition) is 0. The van der Waals surface area contributed by atoms with Crippen LogP contribution in [0.25, 0.3) is 0 Å². The summed E-state index contributed by atoms with van der Waals surface area (Å²) < 4.78 is 11.3. The number of benzene rings is 1. The highest BCUT2D eigenvalue weighted by Crippen LogP contribution is 2.28. The number of hydrogen-bond acceptors (Lipinski definition) is 4. The number of halogens is 1. The molecule has 21 heavy (non-hydrogen) atoms. The van der Waals surface area contributed by atoms with E-state index < -0.39 is 0 Å². The molecule has 0 atom stereocenters. The molecule has 0 aliphatic rings. The van der Waals surface area contributed by atoms with Gasteiger partial charge in [0.05, 0.1) is 16.0 Å². The lowest BCUT2D eigenvalue weighted by molar-refractivity contribution is 0.104. The molecule has 1 aromatic heterocycles. The molecule has 0 aliphatic heterocycles. The Balaban J connectivity index is 2.13. The van der Waals surface area contributed by atoms with Crippen molar-refractivity contribution in [3.63, 3.8) is 0 Å². The highest BCUT2D eigenvalue weighted by atomic mass is 79.9. The van der Waals surface area contributed by atoms with Gasteiger partial charge in [-0.1, -0.05) is 6.92 Å². The van der Waals surface area contributed by atoms with Crippen molar-refractivity contribution in [3.05, 3.63) is 50.1 Å². The highest BCUT2D eigenvalue weighted by molar-refractivity contribution is 9.10. The molecule has 0 N–H and O–H groups in total. The minimum atomic E-state index is 0.0452. The molecule has 0 spiro atoms. The van der Waals surface area contributed by atoms with Gasteiger partial charge in [0.25, 0.3) is 0 Å². The summed E-state index contributed by atoms with van der Waals surface area (Å²) >= 11 is 4.99. The number of ketones is 1. The van der Waals surface area contributed by atoms with Crippen LogP contribution in [0.4, 0.5) is 0 Å². The zero-order valence-corrected chi connectivity index (χ0v) is 14.4. The Kier molecular flexibility index (Phi) is 5.96. The first-order chi connectivity index (χ1) is 10.2. The molecule has 0 fully saturated rings. The van der Waals surface area contributed by atoms with Gasteiger partial charge >= 0.3 is 0 Å². The van der Waals surface area contributed by atoms with Crippen molar-refractivity contribution < 1.29 is 14.3 Å². The Bertz CT molecular complexity index is 622. The fraction of sp³-hybridized carbons (Fsp3) is 0.312. The van der Waals surface area contributed by atoms with Crippen molar-refractivity contribution in [2.45, 2.75) is 13.3 Å². The molecule has 2 rings (SSSR count). The van der Waals surface area contributed by atoms with Crippen LogP contribution in [0.2, 0.25) is 0 Å². The van der Waals surface area contributed by atoms with Gasteiger partial charge in [-0.3, -0.25) is 4.79 Å². The average Bonchev–Trinajstić information content (AvgIpc) is 2.97. The Hall–Kier alpha value is -1.17. The predicted molar refractivity (Wildman–Crippen MR) is 88.6 cm³/mol. The van der Waals surface area contributed by atoms with Gasteiger partial charge in [-0.05, 0) is 52.7 Å².